The van der Waals surface area contributed by atoms with E-state index in [9.17, 15) is 14.9 Å². The minimum atomic E-state index is -0.470. The number of fused-ring (bicyclic) bond motifs is 5. The third kappa shape index (κ3) is 3.92. The van der Waals surface area contributed by atoms with Gasteiger partial charge in [-0.25, -0.2) is 15.0 Å². The summed E-state index contributed by atoms with van der Waals surface area (Å²) in [6.07, 6.45) is 6.05. The first-order chi connectivity index (χ1) is 17.1. The Balaban J connectivity index is 1.43. The van der Waals surface area contributed by atoms with E-state index in [1.807, 2.05) is 0 Å². The number of ether oxygens (including phenoxy) is 1. The molecule has 1 saturated heterocycles. The Kier molecular flexibility index (Phi) is 5.62. The lowest BCUT2D eigenvalue weighted by atomic mass is 9.89. The maximum Gasteiger partial charge on any atom is 0.279 e. The van der Waals surface area contributed by atoms with Crippen LogP contribution in [0.15, 0.2) is 30.6 Å². The molecule has 4 aromatic rings. The molecule has 35 heavy (non-hydrogen) atoms. The Bertz CT molecular complexity index is 1460. The Morgan fingerprint density at radius 1 is 1.11 bits per heavy atom. The number of morpholine rings is 1. The Morgan fingerprint density at radius 2 is 1.86 bits per heavy atom. The zero-order valence-electron chi connectivity index (χ0n) is 19.1. The minimum absolute atomic E-state index is 0.0353. The number of anilines is 1. The number of carbonyl (C=O) groups is 1. The van der Waals surface area contributed by atoms with Crippen LogP contribution in [0.2, 0.25) is 0 Å². The van der Waals surface area contributed by atoms with Crippen LogP contribution in [0.4, 0.5) is 11.5 Å². The molecule has 6 rings (SSSR count). The molecule has 0 radical (unpaired) electrons. The average molecular weight is 491 g/mol. The van der Waals surface area contributed by atoms with E-state index in [0.29, 0.717) is 11.3 Å². The fourth-order valence-electron chi connectivity index (χ4n) is 5.16. The summed E-state index contributed by atoms with van der Waals surface area (Å²) in [6.45, 7) is 3.20. The number of rotatable bonds is 5. The van der Waals surface area contributed by atoms with E-state index >= 15 is 0 Å². The monoisotopic (exact) mass is 490 g/mol. The fourth-order valence-corrected chi connectivity index (χ4v) is 6.32. The van der Waals surface area contributed by atoms with Crippen molar-refractivity contribution in [3.8, 4) is 0 Å². The highest BCUT2D eigenvalue weighted by molar-refractivity contribution is 7.25. The largest absolute Gasteiger partial charge is 0.373 e. The molecule has 1 aliphatic carbocycles. The van der Waals surface area contributed by atoms with Crippen molar-refractivity contribution < 1.29 is 19.4 Å². The van der Waals surface area contributed by atoms with Gasteiger partial charge in [0.25, 0.3) is 11.5 Å². The van der Waals surface area contributed by atoms with Gasteiger partial charge in [-0.3, -0.25) is 19.8 Å². The van der Waals surface area contributed by atoms with Gasteiger partial charge in [0.1, 0.15) is 19.4 Å². The maximum absolute atomic E-state index is 13.0. The normalized spacial score (nSPS) is 15.9. The molecular formula is C25H24N5O4S+. The number of thiophene rings is 1. The molecule has 2 aliphatic rings. The van der Waals surface area contributed by atoms with Crippen molar-refractivity contribution in [1.82, 2.24) is 9.97 Å². The van der Waals surface area contributed by atoms with Crippen molar-refractivity contribution in [2.75, 3.05) is 31.2 Å². The number of aromatic amines is 1. The first-order valence-corrected chi connectivity index (χ1v) is 12.7. The summed E-state index contributed by atoms with van der Waals surface area (Å²) in [7, 11) is 0. The van der Waals surface area contributed by atoms with Gasteiger partial charge in [-0.15, -0.1) is 0 Å². The number of aryl methyl sites for hydroxylation is 1. The lowest BCUT2D eigenvalue weighted by molar-refractivity contribution is -0.384. The van der Waals surface area contributed by atoms with Gasteiger partial charge in [0, 0.05) is 23.3 Å². The lowest BCUT2D eigenvalue weighted by Crippen LogP contribution is -2.40. The number of hydrogen-bond acceptors (Lipinski definition) is 8. The van der Waals surface area contributed by atoms with Gasteiger partial charge < -0.3 is 4.74 Å². The summed E-state index contributed by atoms with van der Waals surface area (Å²) in [6, 6.07) is 5.72. The standard InChI is InChI=1S/C25H23N5O4S/c31-20(15-5-7-16(8-6-15)30(32)33)13-19-23-22(27-14-26-19)21-17-3-1-2-4-18(17)24(28-25(21)35-23)29-9-11-34-12-10-29/h5-8,14H,1-4,9-13H2/p+1. The second-order valence-electron chi connectivity index (χ2n) is 8.95. The molecule has 178 valence electrons. The second-order valence-corrected chi connectivity index (χ2v) is 9.97. The van der Waals surface area contributed by atoms with Crippen LogP contribution in [-0.4, -0.2) is 47.0 Å². The lowest BCUT2D eigenvalue weighted by Gasteiger charge is -2.25. The third-order valence-corrected chi connectivity index (χ3v) is 8.03. The summed E-state index contributed by atoms with van der Waals surface area (Å²) in [5.41, 5.74) is 4.73. The number of pyridine rings is 1. The van der Waals surface area contributed by atoms with Crippen LogP contribution in [0.3, 0.4) is 0 Å². The molecule has 1 N–H and O–H groups in total. The number of nitrogens with one attached hydrogen (secondary N) is 1. The molecule has 1 fully saturated rings. The molecule has 10 heteroatoms. The van der Waals surface area contributed by atoms with Gasteiger partial charge in [0.05, 0.1) is 45.9 Å². The molecule has 0 amide bonds. The zero-order valence-corrected chi connectivity index (χ0v) is 19.9. The van der Waals surface area contributed by atoms with Crippen LogP contribution in [0.25, 0.3) is 20.4 Å². The van der Waals surface area contributed by atoms with Crippen molar-refractivity contribution in [1.29, 1.82) is 0 Å². The highest BCUT2D eigenvalue weighted by Gasteiger charge is 2.31. The number of benzene rings is 1. The van der Waals surface area contributed by atoms with Crippen LogP contribution in [0.5, 0.6) is 0 Å². The third-order valence-electron chi connectivity index (χ3n) is 6.89. The van der Waals surface area contributed by atoms with Crippen molar-refractivity contribution >= 4 is 49.1 Å². The SMILES string of the molecule is O=C(Cc1ncnc2c1sc1[nH+]c(N3CCOCC3)c3c(c12)CCCC3)c1ccc([N+](=O)[O-])cc1. The number of ketones is 1. The summed E-state index contributed by atoms with van der Waals surface area (Å²) in [5, 5.41) is 12.1. The number of carbonyl (C=O) groups excluding carboxylic acids is 1. The quantitative estimate of drug-likeness (QED) is 0.238. The van der Waals surface area contributed by atoms with Crippen LogP contribution in [-0.2, 0) is 24.0 Å². The summed E-state index contributed by atoms with van der Waals surface area (Å²) >= 11 is 1.60. The maximum atomic E-state index is 13.0. The van der Waals surface area contributed by atoms with E-state index in [2.05, 4.69) is 19.9 Å². The van der Waals surface area contributed by atoms with Crippen LogP contribution >= 0.6 is 11.3 Å². The van der Waals surface area contributed by atoms with E-state index in [4.69, 9.17) is 4.74 Å². The fraction of sp³-hybridized carbons (Fsp3) is 0.360. The van der Waals surface area contributed by atoms with Gasteiger partial charge in [-0.1, -0.05) is 11.3 Å². The van der Waals surface area contributed by atoms with E-state index in [1.54, 1.807) is 11.3 Å². The number of nitro benzene ring substituents is 1. The van der Waals surface area contributed by atoms with Gasteiger partial charge in [0.2, 0.25) is 0 Å². The van der Waals surface area contributed by atoms with Crippen molar-refractivity contribution in [2.45, 2.75) is 32.1 Å². The van der Waals surface area contributed by atoms with E-state index in [0.717, 1.165) is 66.0 Å². The number of Topliss-reactive ketones (excluding diaryl/α,β-unsaturated/α-hetero) is 1. The number of H-pyrrole nitrogens is 1. The molecule has 0 atom stereocenters. The highest BCUT2D eigenvalue weighted by atomic mass is 32.1. The molecule has 3 aromatic heterocycles. The highest BCUT2D eigenvalue weighted by Crippen LogP contribution is 2.40. The molecule has 9 nitrogen and oxygen atoms in total. The number of nitrogens with zero attached hydrogens (tertiary/aromatic N) is 4. The minimum Gasteiger partial charge on any atom is -0.373 e. The molecular weight excluding hydrogens is 466 g/mol. The summed E-state index contributed by atoms with van der Waals surface area (Å²) in [4.78, 5) is 39.7. The van der Waals surface area contributed by atoms with Gasteiger partial charge in [-0.05, 0) is 43.4 Å². The number of aromatic nitrogens is 3. The van der Waals surface area contributed by atoms with E-state index < -0.39 is 4.92 Å². The van der Waals surface area contributed by atoms with Crippen LogP contribution in [0, 0.1) is 10.1 Å². The van der Waals surface area contributed by atoms with Crippen molar-refractivity contribution in [3.63, 3.8) is 0 Å². The second kappa shape index (κ2) is 8.94. The van der Waals surface area contributed by atoms with E-state index in [-0.39, 0.29) is 17.9 Å². The topological polar surface area (TPSA) is 113 Å². The molecule has 1 aliphatic heterocycles. The average Bonchev–Trinajstić information content (AvgIpc) is 3.28. The first-order valence-electron chi connectivity index (χ1n) is 11.8. The molecule has 0 bridgehead atoms. The summed E-state index contributed by atoms with van der Waals surface area (Å²) < 4.78 is 6.49. The van der Waals surface area contributed by atoms with E-state index in [1.165, 1.54) is 54.0 Å². The number of non-ortho nitro benzene ring substituents is 1. The predicted molar refractivity (Wildman–Crippen MR) is 132 cm³/mol. The molecule has 4 heterocycles. The molecule has 0 saturated carbocycles. The van der Waals surface area contributed by atoms with Crippen LogP contribution < -0.4 is 9.88 Å². The van der Waals surface area contributed by atoms with Gasteiger partial charge in [0.15, 0.2) is 10.6 Å². The van der Waals surface area contributed by atoms with Gasteiger partial charge in [-0.2, -0.15) is 0 Å². The predicted octanol–water partition coefficient (Wildman–Crippen LogP) is 3.71. The zero-order chi connectivity index (χ0) is 23.9. The first kappa shape index (κ1) is 22.0. The Labute approximate surface area is 204 Å². The smallest absolute Gasteiger partial charge is 0.279 e. The molecule has 0 unspecified atom stereocenters. The summed E-state index contributed by atoms with van der Waals surface area (Å²) in [5.74, 6) is 1.07. The Hall–Kier alpha value is -3.50. The molecule has 1 aromatic carbocycles. The number of nitro groups is 1. The number of hydrogen-bond donors (Lipinski definition) is 0. The molecule has 0 spiro atoms. The Morgan fingerprint density at radius 3 is 2.60 bits per heavy atom. The van der Waals surface area contributed by atoms with Gasteiger partial charge >= 0.3 is 0 Å². The van der Waals surface area contributed by atoms with Crippen LogP contribution in [0.1, 0.15) is 40.0 Å². The van der Waals surface area contributed by atoms with Crippen molar-refractivity contribution in [3.05, 3.63) is 63.1 Å². The van der Waals surface area contributed by atoms with Crippen molar-refractivity contribution in [2.24, 2.45) is 0 Å².